The molecule has 1 spiro atoms. The minimum absolute atomic E-state index is 0.0109. The van der Waals surface area contributed by atoms with Crippen LogP contribution in [0.25, 0.3) is 0 Å². The third kappa shape index (κ3) is 2.40. The number of nitrogens with zero attached hydrogens (tertiary/aromatic N) is 1. The van der Waals surface area contributed by atoms with Crippen LogP contribution < -0.4 is 5.32 Å². The van der Waals surface area contributed by atoms with Crippen molar-refractivity contribution in [2.45, 2.75) is 49.9 Å². The fraction of sp³-hybridized carbons (Fsp3) is 0.545. The number of fused-ring (bicyclic) bond motifs is 1. The van der Waals surface area contributed by atoms with E-state index >= 15 is 0 Å². The molecule has 28 heavy (non-hydrogen) atoms. The number of rotatable bonds is 4. The number of likely N-dealkylation sites (tertiary alicyclic amines) is 1. The van der Waals surface area contributed by atoms with E-state index in [4.69, 9.17) is 4.74 Å². The Hall–Kier alpha value is -2.21. The molecule has 3 heterocycles. The lowest BCUT2D eigenvalue weighted by Gasteiger charge is -2.34. The number of benzene rings is 1. The predicted molar refractivity (Wildman–Crippen MR) is 101 cm³/mol. The zero-order valence-corrected chi connectivity index (χ0v) is 16.0. The van der Waals surface area contributed by atoms with E-state index in [1.54, 1.807) is 17.0 Å². The molecule has 1 aromatic carbocycles. The van der Waals surface area contributed by atoms with Gasteiger partial charge < -0.3 is 15.0 Å². The molecule has 4 atom stereocenters. The molecule has 2 bridgehead atoms. The molecule has 4 aliphatic rings. The van der Waals surface area contributed by atoms with Gasteiger partial charge in [0.25, 0.3) is 0 Å². The van der Waals surface area contributed by atoms with Gasteiger partial charge in [0.1, 0.15) is 11.4 Å². The molecule has 5 rings (SSSR count). The Morgan fingerprint density at radius 3 is 2.68 bits per heavy atom. The van der Waals surface area contributed by atoms with Crippen LogP contribution in [0.4, 0.5) is 4.39 Å². The number of halogens is 1. The third-order valence-corrected chi connectivity index (χ3v) is 7.08. The molecule has 0 radical (unpaired) electrons. The summed E-state index contributed by atoms with van der Waals surface area (Å²) >= 11 is 0. The Morgan fingerprint density at radius 1 is 1.29 bits per heavy atom. The monoisotopic (exact) mass is 384 g/mol. The van der Waals surface area contributed by atoms with Gasteiger partial charge in [-0.25, -0.2) is 4.39 Å². The maximum absolute atomic E-state index is 13.4. The number of carbonyl (C=O) groups is 2. The first-order valence-electron chi connectivity index (χ1n) is 10.2. The van der Waals surface area contributed by atoms with Crippen molar-refractivity contribution in [3.8, 4) is 0 Å². The largest absolute Gasteiger partial charge is 0.360 e. The normalized spacial score (nSPS) is 34.9. The van der Waals surface area contributed by atoms with Gasteiger partial charge in [0.05, 0.1) is 30.0 Å². The lowest BCUT2D eigenvalue weighted by atomic mass is 9.76. The maximum Gasteiger partial charge on any atom is 0.230 e. The molecule has 0 unspecified atom stereocenters. The van der Waals surface area contributed by atoms with Crippen LogP contribution in [0.1, 0.15) is 38.2 Å². The van der Waals surface area contributed by atoms with E-state index in [1.165, 1.54) is 12.1 Å². The zero-order valence-electron chi connectivity index (χ0n) is 16.0. The van der Waals surface area contributed by atoms with Gasteiger partial charge in [-0.2, -0.15) is 0 Å². The van der Waals surface area contributed by atoms with Crippen molar-refractivity contribution < 1.29 is 18.7 Å². The number of likely N-dealkylation sites (N-methyl/N-ethyl adjacent to an activating group) is 1. The maximum atomic E-state index is 13.4. The SMILES string of the molecule is CCN1C[C@@]23C=C[C@@H](O2)[C@H](C(=O)NC2(c4ccc(F)cc4)CCCC2)[C@@H]3C1=O. The van der Waals surface area contributed by atoms with Crippen molar-refractivity contribution in [1.29, 1.82) is 0 Å². The molecule has 1 saturated carbocycles. The van der Waals surface area contributed by atoms with E-state index in [0.29, 0.717) is 13.1 Å². The first-order chi connectivity index (χ1) is 13.5. The fourth-order valence-electron chi connectivity index (χ4n) is 5.70. The minimum Gasteiger partial charge on any atom is -0.360 e. The predicted octanol–water partition coefficient (Wildman–Crippen LogP) is 2.51. The van der Waals surface area contributed by atoms with Gasteiger partial charge >= 0.3 is 0 Å². The molecule has 2 amide bonds. The summed E-state index contributed by atoms with van der Waals surface area (Å²) in [5, 5.41) is 3.27. The Balaban J connectivity index is 1.44. The highest BCUT2D eigenvalue weighted by molar-refractivity contribution is 5.93. The smallest absolute Gasteiger partial charge is 0.230 e. The summed E-state index contributed by atoms with van der Waals surface area (Å²) in [4.78, 5) is 28.2. The topological polar surface area (TPSA) is 58.6 Å². The lowest BCUT2D eigenvalue weighted by molar-refractivity contribution is -0.138. The van der Waals surface area contributed by atoms with E-state index in [0.717, 1.165) is 31.2 Å². The van der Waals surface area contributed by atoms with Crippen LogP contribution in [-0.2, 0) is 19.9 Å². The third-order valence-electron chi connectivity index (χ3n) is 7.08. The average Bonchev–Trinajstić information content (AvgIpc) is 3.44. The number of hydrogen-bond acceptors (Lipinski definition) is 3. The quantitative estimate of drug-likeness (QED) is 0.812. The van der Waals surface area contributed by atoms with Crippen LogP contribution in [0.5, 0.6) is 0 Å². The summed E-state index contributed by atoms with van der Waals surface area (Å²) < 4.78 is 19.6. The van der Waals surface area contributed by atoms with Crippen LogP contribution in [0.2, 0.25) is 0 Å². The van der Waals surface area contributed by atoms with Crippen LogP contribution in [0, 0.1) is 17.7 Å². The highest BCUT2D eigenvalue weighted by Gasteiger charge is 2.66. The Labute approximate surface area is 163 Å². The van der Waals surface area contributed by atoms with Crippen molar-refractivity contribution in [3.05, 3.63) is 47.8 Å². The van der Waals surface area contributed by atoms with Gasteiger partial charge in [-0.15, -0.1) is 0 Å². The molecule has 6 heteroatoms. The molecular weight excluding hydrogens is 359 g/mol. The van der Waals surface area contributed by atoms with E-state index < -0.39 is 23.0 Å². The standard InChI is InChI=1S/C22H25FN2O3/c1-2-25-13-22-12-9-16(28-22)17(18(22)20(25)27)19(26)24-21(10-3-4-11-21)14-5-7-15(23)8-6-14/h5-9,12,16-18H,2-4,10-11,13H2,1H3,(H,24,26)/t16-,17+,18-,22-/m1/s1. The van der Waals surface area contributed by atoms with Crippen molar-refractivity contribution in [1.82, 2.24) is 10.2 Å². The number of carbonyl (C=O) groups excluding carboxylic acids is 2. The molecule has 1 aromatic rings. The highest BCUT2D eigenvalue weighted by Crippen LogP contribution is 2.52. The van der Waals surface area contributed by atoms with Crippen LogP contribution in [0.3, 0.4) is 0 Å². The summed E-state index contributed by atoms with van der Waals surface area (Å²) in [6, 6.07) is 6.41. The summed E-state index contributed by atoms with van der Waals surface area (Å²) in [5.41, 5.74) is -0.212. The minimum atomic E-state index is -0.654. The summed E-state index contributed by atoms with van der Waals surface area (Å²) in [6.45, 7) is 3.09. The van der Waals surface area contributed by atoms with Crippen molar-refractivity contribution in [3.63, 3.8) is 0 Å². The molecule has 1 N–H and O–H groups in total. The number of nitrogens with one attached hydrogen (secondary N) is 1. The molecular formula is C22H25FN2O3. The Bertz CT molecular complexity index is 846. The first kappa shape index (κ1) is 17.9. The first-order valence-corrected chi connectivity index (χ1v) is 10.2. The van der Waals surface area contributed by atoms with Crippen molar-refractivity contribution in [2.24, 2.45) is 11.8 Å². The molecule has 0 aromatic heterocycles. The van der Waals surface area contributed by atoms with E-state index in [2.05, 4.69) is 5.32 Å². The Kier molecular flexibility index (Phi) is 3.92. The number of hydrogen-bond donors (Lipinski definition) is 1. The van der Waals surface area contributed by atoms with Gasteiger partial charge in [-0.1, -0.05) is 37.1 Å². The zero-order chi connectivity index (χ0) is 19.5. The molecule has 5 nitrogen and oxygen atoms in total. The average molecular weight is 384 g/mol. The number of amides is 2. The second-order valence-corrected chi connectivity index (χ2v) is 8.54. The lowest BCUT2D eigenvalue weighted by Crippen LogP contribution is -2.51. The highest BCUT2D eigenvalue weighted by atomic mass is 19.1. The summed E-state index contributed by atoms with van der Waals surface area (Å²) in [6.07, 6.45) is 7.24. The molecule has 1 aliphatic carbocycles. The second-order valence-electron chi connectivity index (χ2n) is 8.54. The molecule has 3 fully saturated rings. The van der Waals surface area contributed by atoms with E-state index in [-0.39, 0.29) is 23.7 Å². The van der Waals surface area contributed by atoms with Gasteiger partial charge in [0, 0.05) is 6.54 Å². The van der Waals surface area contributed by atoms with Gasteiger partial charge in [0.15, 0.2) is 0 Å². The van der Waals surface area contributed by atoms with Gasteiger partial charge in [-0.05, 0) is 37.5 Å². The van der Waals surface area contributed by atoms with Gasteiger partial charge in [0.2, 0.25) is 11.8 Å². The Morgan fingerprint density at radius 2 is 2.00 bits per heavy atom. The molecule has 2 saturated heterocycles. The van der Waals surface area contributed by atoms with Crippen molar-refractivity contribution >= 4 is 11.8 Å². The van der Waals surface area contributed by atoms with Crippen LogP contribution in [-0.4, -0.2) is 41.5 Å². The van der Waals surface area contributed by atoms with E-state index in [1.807, 2.05) is 19.1 Å². The molecule has 148 valence electrons. The van der Waals surface area contributed by atoms with Crippen LogP contribution >= 0.6 is 0 Å². The second kappa shape index (κ2) is 6.14. The number of ether oxygens (including phenoxy) is 1. The summed E-state index contributed by atoms with van der Waals surface area (Å²) in [5.74, 6) is -1.36. The van der Waals surface area contributed by atoms with E-state index in [9.17, 15) is 14.0 Å². The fourth-order valence-corrected chi connectivity index (χ4v) is 5.70. The molecule has 3 aliphatic heterocycles. The van der Waals surface area contributed by atoms with Crippen molar-refractivity contribution in [2.75, 3.05) is 13.1 Å². The summed E-state index contributed by atoms with van der Waals surface area (Å²) in [7, 11) is 0. The van der Waals surface area contributed by atoms with Gasteiger partial charge in [-0.3, -0.25) is 9.59 Å². The van der Waals surface area contributed by atoms with Crippen LogP contribution in [0.15, 0.2) is 36.4 Å².